The van der Waals surface area contributed by atoms with Crippen LogP contribution in [-0.4, -0.2) is 18.2 Å². The summed E-state index contributed by atoms with van der Waals surface area (Å²) < 4.78 is 11.3. The molecule has 0 bridgehead atoms. The number of hydrogen-bond acceptors (Lipinski definition) is 5. The van der Waals surface area contributed by atoms with E-state index in [0.29, 0.717) is 25.3 Å². The number of nitrogens with one attached hydrogen (secondary N) is 1. The van der Waals surface area contributed by atoms with Gasteiger partial charge in [0.25, 0.3) is 0 Å². The standard InChI is InChI=1S/C16H15N3O2/c17-9-13-3-5-16(19-11-13)18-10-12-2-4-14-15(8-12)21-7-1-6-20-14/h2-5,8,11H,1,6-7,10H2,(H,18,19). The van der Waals surface area contributed by atoms with Gasteiger partial charge in [0.2, 0.25) is 0 Å². The summed E-state index contributed by atoms with van der Waals surface area (Å²) in [6.45, 7) is 2.01. The molecule has 21 heavy (non-hydrogen) atoms. The van der Waals surface area contributed by atoms with Crippen LogP contribution in [-0.2, 0) is 6.54 Å². The van der Waals surface area contributed by atoms with Crippen LogP contribution in [0.1, 0.15) is 17.5 Å². The molecule has 0 spiro atoms. The Kier molecular flexibility index (Phi) is 3.88. The Morgan fingerprint density at radius 1 is 1.14 bits per heavy atom. The number of nitriles is 1. The smallest absolute Gasteiger partial charge is 0.161 e. The molecule has 2 heterocycles. The predicted molar refractivity (Wildman–Crippen MR) is 78.3 cm³/mol. The molecule has 5 nitrogen and oxygen atoms in total. The SMILES string of the molecule is N#Cc1ccc(NCc2ccc3c(c2)OCCCO3)nc1. The molecule has 106 valence electrons. The van der Waals surface area contributed by atoms with E-state index in [9.17, 15) is 0 Å². The number of anilines is 1. The first-order chi connectivity index (χ1) is 10.3. The van der Waals surface area contributed by atoms with E-state index in [4.69, 9.17) is 14.7 Å². The van der Waals surface area contributed by atoms with E-state index in [1.54, 1.807) is 18.3 Å². The van der Waals surface area contributed by atoms with Crippen LogP contribution >= 0.6 is 0 Å². The van der Waals surface area contributed by atoms with E-state index in [2.05, 4.69) is 10.3 Å². The number of fused-ring (bicyclic) bond motifs is 1. The Bertz CT molecular complexity index is 662. The number of pyridine rings is 1. The molecule has 1 aromatic carbocycles. The van der Waals surface area contributed by atoms with E-state index in [0.717, 1.165) is 29.3 Å². The molecule has 0 aliphatic carbocycles. The monoisotopic (exact) mass is 281 g/mol. The molecule has 0 saturated heterocycles. The van der Waals surface area contributed by atoms with Crippen LogP contribution < -0.4 is 14.8 Å². The van der Waals surface area contributed by atoms with E-state index in [1.807, 2.05) is 24.3 Å². The van der Waals surface area contributed by atoms with Crippen molar-refractivity contribution in [3.8, 4) is 17.6 Å². The molecule has 0 fully saturated rings. The minimum absolute atomic E-state index is 0.552. The maximum absolute atomic E-state index is 8.74. The van der Waals surface area contributed by atoms with Crippen molar-refractivity contribution < 1.29 is 9.47 Å². The molecular formula is C16H15N3O2. The highest BCUT2D eigenvalue weighted by Crippen LogP contribution is 2.30. The van der Waals surface area contributed by atoms with Crippen molar-refractivity contribution in [1.82, 2.24) is 4.98 Å². The Morgan fingerprint density at radius 3 is 2.76 bits per heavy atom. The quantitative estimate of drug-likeness (QED) is 0.937. The van der Waals surface area contributed by atoms with Crippen LogP contribution in [0, 0.1) is 11.3 Å². The zero-order valence-corrected chi connectivity index (χ0v) is 11.5. The van der Waals surface area contributed by atoms with E-state index < -0.39 is 0 Å². The fourth-order valence-electron chi connectivity index (χ4n) is 2.07. The van der Waals surface area contributed by atoms with Crippen molar-refractivity contribution in [2.75, 3.05) is 18.5 Å². The van der Waals surface area contributed by atoms with Gasteiger partial charge in [-0.15, -0.1) is 0 Å². The normalized spacial score (nSPS) is 13.1. The minimum Gasteiger partial charge on any atom is -0.490 e. The van der Waals surface area contributed by atoms with Crippen LogP contribution in [0.2, 0.25) is 0 Å². The van der Waals surface area contributed by atoms with Gasteiger partial charge < -0.3 is 14.8 Å². The van der Waals surface area contributed by atoms with Gasteiger partial charge >= 0.3 is 0 Å². The summed E-state index contributed by atoms with van der Waals surface area (Å²) in [5.41, 5.74) is 1.64. The van der Waals surface area contributed by atoms with Gasteiger partial charge in [-0.1, -0.05) is 6.07 Å². The fourth-order valence-corrected chi connectivity index (χ4v) is 2.07. The average Bonchev–Trinajstić information content (AvgIpc) is 2.78. The number of rotatable bonds is 3. The average molecular weight is 281 g/mol. The highest BCUT2D eigenvalue weighted by Gasteiger charge is 2.10. The lowest BCUT2D eigenvalue weighted by Gasteiger charge is -2.10. The predicted octanol–water partition coefficient (Wildman–Crippen LogP) is 2.73. The number of aromatic nitrogens is 1. The van der Waals surface area contributed by atoms with Gasteiger partial charge in [-0.3, -0.25) is 0 Å². The van der Waals surface area contributed by atoms with Crippen molar-refractivity contribution in [2.45, 2.75) is 13.0 Å². The van der Waals surface area contributed by atoms with Crippen molar-refractivity contribution in [3.63, 3.8) is 0 Å². The van der Waals surface area contributed by atoms with Crippen molar-refractivity contribution >= 4 is 5.82 Å². The molecule has 2 aromatic rings. The molecule has 1 aliphatic heterocycles. The highest BCUT2D eigenvalue weighted by molar-refractivity contribution is 5.45. The summed E-state index contributed by atoms with van der Waals surface area (Å²) in [4.78, 5) is 4.18. The van der Waals surface area contributed by atoms with Crippen LogP contribution in [0.3, 0.4) is 0 Å². The summed E-state index contributed by atoms with van der Waals surface area (Å²) in [5, 5.41) is 12.0. The molecule has 1 aliphatic rings. The van der Waals surface area contributed by atoms with E-state index in [1.165, 1.54) is 0 Å². The van der Waals surface area contributed by atoms with Gasteiger partial charge in [-0.25, -0.2) is 4.98 Å². The van der Waals surface area contributed by atoms with Crippen molar-refractivity contribution in [1.29, 1.82) is 5.26 Å². The Balaban J connectivity index is 1.67. The molecule has 1 aromatic heterocycles. The molecule has 0 amide bonds. The van der Waals surface area contributed by atoms with Gasteiger partial charge in [0.05, 0.1) is 18.8 Å². The lowest BCUT2D eigenvalue weighted by molar-refractivity contribution is 0.297. The van der Waals surface area contributed by atoms with Crippen molar-refractivity contribution in [3.05, 3.63) is 47.7 Å². The largest absolute Gasteiger partial charge is 0.490 e. The molecule has 0 saturated carbocycles. The van der Waals surface area contributed by atoms with Crippen LogP contribution in [0.4, 0.5) is 5.82 Å². The lowest BCUT2D eigenvalue weighted by atomic mass is 10.2. The van der Waals surface area contributed by atoms with Gasteiger partial charge in [0.1, 0.15) is 11.9 Å². The molecule has 0 radical (unpaired) electrons. The summed E-state index contributed by atoms with van der Waals surface area (Å²) in [6, 6.07) is 11.5. The highest BCUT2D eigenvalue weighted by atomic mass is 16.5. The molecule has 3 rings (SSSR count). The summed E-state index contributed by atoms with van der Waals surface area (Å²) in [5.74, 6) is 2.33. The molecule has 0 atom stereocenters. The van der Waals surface area contributed by atoms with E-state index in [-0.39, 0.29) is 0 Å². The Hall–Kier alpha value is -2.74. The van der Waals surface area contributed by atoms with Gasteiger partial charge in [0, 0.05) is 19.2 Å². The molecule has 0 unspecified atom stereocenters. The first kappa shape index (κ1) is 13.3. The van der Waals surface area contributed by atoms with Crippen molar-refractivity contribution in [2.24, 2.45) is 0 Å². The number of nitrogens with zero attached hydrogens (tertiary/aromatic N) is 2. The van der Waals surface area contributed by atoms with Crippen LogP contribution in [0.25, 0.3) is 0 Å². The summed E-state index contributed by atoms with van der Waals surface area (Å²) in [7, 11) is 0. The number of ether oxygens (including phenoxy) is 2. The number of hydrogen-bond donors (Lipinski definition) is 1. The molecule has 1 N–H and O–H groups in total. The second-order valence-corrected chi connectivity index (χ2v) is 4.73. The van der Waals surface area contributed by atoms with E-state index >= 15 is 0 Å². The fraction of sp³-hybridized carbons (Fsp3) is 0.250. The second-order valence-electron chi connectivity index (χ2n) is 4.73. The second kappa shape index (κ2) is 6.14. The maximum Gasteiger partial charge on any atom is 0.161 e. The number of benzene rings is 1. The molecular weight excluding hydrogens is 266 g/mol. The topological polar surface area (TPSA) is 67.2 Å². The van der Waals surface area contributed by atoms with Gasteiger partial charge in [-0.05, 0) is 29.8 Å². The van der Waals surface area contributed by atoms with Gasteiger partial charge in [-0.2, -0.15) is 5.26 Å². The van der Waals surface area contributed by atoms with Crippen LogP contribution in [0.5, 0.6) is 11.5 Å². The first-order valence-corrected chi connectivity index (χ1v) is 6.84. The summed E-state index contributed by atoms with van der Waals surface area (Å²) in [6.07, 6.45) is 2.45. The van der Waals surface area contributed by atoms with Crippen LogP contribution in [0.15, 0.2) is 36.5 Å². The zero-order chi connectivity index (χ0) is 14.5. The van der Waals surface area contributed by atoms with Gasteiger partial charge in [0.15, 0.2) is 11.5 Å². The first-order valence-electron chi connectivity index (χ1n) is 6.84. The Labute approximate surface area is 123 Å². The zero-order valence-electron chi connectivity index (χ0n) is 11.5. The minimum atomic E-state index is 0.552. The third kappa shape index (κ3) is 3.23. The summed E-state index contributed by atoms with van der Waals surface area (Å²) >= 11 is 0. The lowest BCUT2D eigenvalue weighted by Crippen LogP contribution is -2.02. The molecule has 5 heteroatoms. The Morgan fingerprint density at radius 2 is 2.00 bits per heavy atom. The third-order valence-electron chi connectivity index (χ3n) is 3.18. The third-order valence-corrected chi connectivity index (χ3v) is 3.18. The maximum atomic E-state index is 8.74.